The van der Waals surface area contributed by atoms with E-state index in [1.54, 1.807) is 12.1 Å². The molecule has 0 unspecified atom stereocenters. The van der Waals surface area contributed by atoms with Gasteiger partial charge in [-0.05, 0) is 25.0 Å². The predicted octanol–water partition coefficient (Wildman–Crippen LogP) is 5.21. The number of nitrogens with zero attached hydrogens (tertiary/aromatic N) is 2. The summed E-state index contributed by atoms with van der Waals surface area (Å²) in [6, 6.07) is 3.22. The molecule has 21 heavy (non-hydrogen) atoms. The normalized spacial score (nSPS) is 10.7. The van der Waals surface area contributed by atoms with Crippen LogP contribution in [0.4, 0.5) is 0 Å². The van der Waals surface area contributed by atoms with E-state index < -0.39 is 0 Å². The third-order valence-electron chi connectivity index (χ3n) is 3.36. The summed E-state index contributed by atoms with van der Waals surface area (Å²) in [4.78, 5) is 18.6. The van der Waals surface area contributed by atoms with Crippen molar-refractivity contribution < 1.29 is 4.79 Å². The van der Waals surface area contributed by atoms with Crippen molar-refractivity contribution in [2.45, 2.75) is 52.4 Å². The van der Waals surface area contributed by atoms with Crippen LogP contribution in [0.5, 0.6) is 0 Å². The molecule has 0 fully saturated rings. The van der Waals surface area contributed by atoms with Crippen LogP contribution in [-0.4, -0.2) is 28.9 Å². The lowest BCUT2D eigenvalue weighted by molar-refractivity contribution is 0.0744. The molecule has 0 aromatic carbocycles. The number of aromatic nitrogens is 1. The summed E-state index contributed by atoms with van der Waals surface area (Å²) >= 11 is 12.0. The maximum absolute atomic E-state index is 12.6. The van der Waals surface area contributed by atoms with Gasteiger partial charge in [-0.3, -0.25) is 4.79 Å². The highest BCUT2D eigenvalue weighted by molar-refractivity contribution is 6.34. The van der Waals surface area contributed by atoms with Crippen LogP contribution in [0.2, 0.25) is 10.2 Å². The second kappa shape index (κ2) is 10.0. The molecule has 0 saturated carbocycles. The first-order valence-corrected chi connectivity index (χ1v) is 8.47. The highest BCUT2D eigenvalue weighted by Crippen LogP contribution is 2.19. The number of pyridine rings is 1. The number of unbranched alkanes of at least 4 members (excludes halogenated alkanes) is 4. The SMILES string of the molecule is CCCCCN(CCCCC)C(=O)c1nc(Cl)ccc1Cl. The topological polar surface area (TPSA) is 33.2 Å². The Bertz CT molecular complexity index is 442. The first kappa shape index (κ1) is 18.2. The van der Waals surface area contributed by atoms with Crippen molar-refractivity contribution in [1.82, 2.24) is 9.88 Å². The molecule has 0 saturated heterocycles. The molecule has 1 amide bonds. The number of hydrogen-bond acceptors (Lipinski definition) is 2. The first-order valence-electron chi connectivity index (χ1n) is 7.71. The lowest BCUT2D eigenvalue weighted by Crippen LogP contribution is -2.33. The van der Waals surface area contributed by atoms with Crippen molar-refractivity contribution in [3.63, 3.8) is 0 Å². The van der Waals surface area contributed by atoms with Gasteiger partial charge in [0, 0.05) is 13.1 Å². The molecule has 0 bridgehead atoms. The summed E-state index contributed by atoms with van der Waals surface area (Å²) in [6.07, 6.45) is 6.52. The zero-order valence-corrected chi connectivity index (χ0v) is 14.4. The van der Waals surface area contributed by atoms with Crippen LogP contribution in [0.1, 0.15) is 62.9 Å². The van der Waals surface area contributed by atoms with Crippen LogP contribution >= 0.6 is 23.2 Å². The zero-order chi connectivity index (χ0) is 15.7. The van der Waals surface area contributed by atoms with Gasteiger partial charge in [-0.15, -0.1) is 0 Å². The van der Waals surface area contributed by atoms with Gasteiger partial charge >= 0.3 is 0 Å². The fraction of sp³-hybridized carbons (Fsp3) is 0.625. The highest BCUT2D eigenvalue weighted by Gasteiger charge is 2.19. The smallest absolute Gasteiger partial charge is 0.274 e. The Morgan fingerprint density at radius 2 is 1.62 bits per heavy atom. The predicted molar refractivity (Wildman–Crippen MR) is 89.2 cm³/mol. The summed E-state index contributed by atoms with van der Waals surface area (Å²) in [7, 11) is 0. The number of hydrogen-bond donors (Lipinski definition) is 0. The summed E-state index contributed by atoms with van der Waals surface area (Å²) in [5, 5.41) is 0.658. The van der Waals surface area contributed by atoms with Gasteiger partial charge in [0.05, 0.1) is 5.02 Å². The number of carbonyl (C=O) groups excluding carboxylic acids is 1. The van der Waals surface area contributed by atoms with Crippen LogP contribution in [-0.2, 0) is 0 Å². The van der Waals surface area contributed by atoms with Crippen molar-refractivity contribution in [3.05, 3.63) is 28.0 Å². The average Bonchev–Trinajstić information content (AvgIpc) is 2.48. The molecule has 1 rings (SSSR count). The van der Waals surface area contributed by atoms with E-state index in [-0.39, 0.29) is 11.6 Å². The average molecular weight is 331 g/mol. The van der Waals surface area contributed by atoms with Gasteiger partial charge in [0.15, 0.2) is 0 Å². The minimum Gasteiger partial charge on any atom is -0.337 e. The zero-order valence-electron chi connectivity index (χ0n) is 12.9. The number of rotatable bonds is 9. The second-order valence-electron chi connectivity index (χ2n) is 5.17. The molecule has 5 heteroatoms. The Balaban J connectivity index is 2.79. The van der Waals surface area contributed by atoms with E-state index in [1.165, 1.54) is 0 Å². The molecule has 0 aliphatic rings. The molecule has 3 nitrogen and oxygen atoms in total. The summed E-state index contributed by atoms with van der Waals surface area (Å²) < 4.78 is 0. The summed E-state index contributed by atoms with van der Waals surface area (Å²) in [5.41, 5.74) is 0.261. The van der Waals surface area contributed by atoms with Gasteiger partial charge in [0.2, 0.25) is 0 Å². The van der Waals surface area contributed by atoms with Crippen molar-refractivity contribution in [2.24, 2.45) is 0 Å². The monoisotopic (exact) mass is 330 g/mol. The minimum atomic E-state index is -0.116. The third kappa shape index (κ3) is 6.23. The Kier molecular flexibility index (Phi) is 8.70. The van der Waals surface area contributed by atoms with Gasteiger partial charge < -0.3 is 4.90 Å². The van der Waals surface area contributed by atoms with Crippen LogP contribution in [0.15, 0.2) is 12.1 Å². The largest absolute Gasteiger partial charge is 0.337 e. The standard InChI is InChI=1S/C16H24Cl2N2O/c1-3-5-7-11-20(12-8-6-4-2)16(21)15-13(17)9-10-14(18)19-15/h9-10H,3-8,11-12H2,1-2H3. The molecule has 1 aromatic heterocycles. The van der Waals surface area contributed by atoms with E-state index in [0.717, 1.165) is 51.6 Å². The molecule has 1 heterocycles. The van der Waals surface area contributed by atoms with E-state index >= 15 is 0 Å². The first-order chi connectivity index (χ1) is 10.1. The van der Waals surface area contributed by atoms with Gasteiger partial charge in [0.25, 0.3) is 5.91 Å². The quantitative estimate of drug-likeness (QED) is 0.460. The summed E-state index contributed by atoms with van der Waals surface area (Å²) in [5.74, 6) is -0.116. The molecule has 0 N–H and O–H groups in total. The fourth-order valence-corrected chi connectivity index (χ4v) is 2.47. The molecular formula is C16H24Cl2N2O. The molecule has 1 aromatic rings. The fourth-order valence-electron chi connectivity index (χ4n) is 2.14. The number of halogens is 2. The van der Waals surface area contributed by atoms with E-state index in [1.807, 2.05) is 4.90 Å². The summed E-state index contributed by atoms with van der Waals surface area (Å²) in [6.45, 7) is 5.80. The van der Waals surface area contributed by atoms with Crippen LogP contribution < -0.4 is 0 Å². The van der Waals surface area contributed by atoms with Gasteiger partial charge in [-0.1, -0.05) is 62.7 Å². The molecule has 0 radical (unpaired) electrons. The minimum absolute atomic E-state index is 0.116. The number of carbonyl (C=O) groups is 1. The van der Waals surface area contributed by atoms with Crippen LogP contribution in [0, 0.1) is 0 Å². The third-order valence-corrected chi connectivity index (χ3v) is 3.88. The van der Waals surface area contributed by atoms with Crippen LogP contribution in [0.25, 0.3) is 0 Å². The van der Waals surface area contributed by atoms with Crippen molar-refractivity contribution in [1.29, 1.82) is 0 Å². The van der Waals surface area contributed by atoms with Crippen molar-refractivity contribution >= 4 is 29.1 Å². The number of amides is 1. The Labute approximate surface area is 137 Å². The van der Waals surface area contributed by atoms with E-state index in [2.05, 4.69) is 18.8 Å². The second-order valence-corrected chi connectivity index (χ2v) is 5.97. The molecule has 0 atom stereocenters. The highest BCUT2D eigenvalue weighted by atomic mass is 35.5. The van der Waals surface area contributed by atoms with Crippen LogP contribution in [0.3, 0.4) is 0 Å². The molecule has 118 valence electrons. The Hall–Kier alpha value is -0.800. The van der Waals surface area contributed by atoms with E-state index in [4.69, 9.17) is 23.2 Å². The van der Waals surface area contributed by atoms with Gasteiger partial charge in [-0.2, -0.15) is 0 Å². The lowest BCUT2D eigenvalue weighted by Gasteiger charge is -2.22. The van der Waals surface area contributed by atoms with E-state index in [9.17, 15) is 4.79 Å². The van der Waals surface area contributed by atoms with Gasteiger partial charge in [0.1, 0.15) is 10.8 Å². The molecular weight excluding hydrogens is 307 g/mol. The maximum atomic E-state index is 12.6. The lowest BCUT2D eigenvalue weighted by atomic mass is 10.2. The molecule has 0 spiro atoms. The maximum Gasteiger partial charge on any atom is 0.274 e. The Morgan fingerprint density at radius 1 is 1.05 bits per heavy atom. The van der Waals surface area contributed by atoms with Crippen molar-refractivity contribution in [2.75, 3.05) is 13.1 Å². The molecule has 0 aliphatic heterocycles. The Morgan fingerprint density at radius 3 is 2.14 bits per heavy atom. The van der Waals surface area contributed by atoms with Gasteiger partial charge in [-0.25, -0.2) is 4.98 Å². The van der Waals surface area contributed by atoms with E-state index in [0.29, 0.717) is 10.2 Å². The van der Waals surface area contributed by atoms with Crippen molar-refractivity contribution in [3.8, 4) is 0 Å². The molecule has 0 aliphatic carbocycles.